The standard InChI is InChI=1S/C22H22ClFN6/c1-13-12-30(7-6-27-13)15-9-21-20(28-11-15)5-4-19(29-21)17(10-25)22(26)16-8-14(23)2-3-18(16)24/h2-5,8-11,13,25,27H,6-7,12,26H2,1H3. The number of rotatable bonds is 4. The van der Waals surface area contributed by atoms with Crippen molar-refractivity contribution in [1.29, 1.82) is 5.41 Å². The molecule has 6 nitrogen and oxygen atoms in total. The van der Waals surface area contributed by atoms with E-state index in [0.717, 1.165) is 37.1 Å². The number of hydrogen-bond acceptors (Lipinski definition) is 6. The molecule has 1 aliphatic rings. The van der Waals surface area contributed by atoms with E-state index < -0.39 is 5.82 Å². The average Bonchev–Trinajstić information content (AvgIpc) is 2.75. The van der Waals surface area contributed by atoms with Gasteiger partial charge in [0.1, 0.15) is 5.82 Å². The number of aromatic nitrogens is 2. The molecule has 1 fully saturated rings. The molecule has 1 atom stereocenters. The number of allylic oxidation sites excluding steroid dienone is 1. The van der Waals surface area contributed by atoms with Crippen LogP contribution in [-0.4, -0.2) is 41.9 Å². The third kappa shape index (κ3) is 3.99. The van der Waals surface area contributed by atoms with E-state index in [-0.39, 0.29) is 11.3 Å². The minimum atomic E-state index is -0.506. The first-order valence-electron chi connectivity index (χ1n) is 9.67. The maximum Gasteiger partial charge on any atom is 0.132 e. The number of nitrogens with two attached hydrogens (primary N) is 1. The molecule has 1 unspecified atom stereocenters. The number of halogens is 2. The molecule has 1 aliphatic heterocycles. The average molecular weight is 425 g/mol. The molecule has 3 aromatic rings. The number of piperazine rings is 1. The van der Waals surface area contributed by atoms with E-state index in [4.69, 9.17) is 22.7 Å². The lowest BCUT2D eigenvalue weighted by Gasteiger charge is -2.33. The fraction of sp³-hybridized carbons (Fsp3) is 0.227. The van der Waals surface area contributed by atoms with Crippen LogP contribution in [0.1, 0.15) is 18.2 Å². The molecular formula is C22H22ClFN6. The molecule has 0 spiro atoms. The normalized spacial score (nSPS) is 17.7. The second-order valence-electron chi connectivity index (χ2n) is 7.33. The molecule has 1 saturated heterocycles. The van der Waals surface area contributed by atoms with Crippen LogP contribution in [0.15, 0.2) is 42.6 Å². The van der Waals surface area contributed by atoms with E-state index in [9.17, 15) is 4.39 Å². The molecular weight excluding hydrogens is 403 g/mol. The molecule has 4 N–H and O–H groups in total. The van der Waals surface area contributed by atoms with Gasteiger partial charge in [-0.15, -0.1) is 0 Å². The van der Waals surface area contributed by atoms with Gasteiger partial charge < -0.3 is 21.4 Å². The third-order valence-corrected chi connectivity index (χ3v) is 5.42. The van der Waals surface area contributed by atoms with Crippen molar-refractivity contribution in [2.45, 2.75) is 13.0 Å². The minimum Gasteiger partial charge on any atom is -0.398 e. The zero-order valence-corrected chi connectivity index (χ0v) is 17.2. The smallest absolute Gasteiger partial charge is 0.132 e. The van der Waals surface area contributed by atoms with Crippen LogP contribution in [-0.2, 0) is 0 Å². The highest BCUT2D eigenvalue weighted by atomic mass is 35.5. The van der Waals surface area contributed by atoms with Gasteiger partial charge in [0.25, 0.3) is 0 Å². The van der Waals surface area contributed by atoms with E-state index in [1.165, 1.54) is 18.2 Å². The Labute approximate surface area is 179 Å². The van der Waals surface area contributed by atoms with Gasteiger partial charge in [0.05, 0.1) is 34.3 Å². The molecule has 3 heterocycles. The van der Waals surface area contributed by atoms with Crippen molar-refractivity contribution in [2.75, 3.05) is 24.5 Å². The number of fused-ring (bicyclic) bond motifs is 1. The third-order valence-electron chi connectivity index (χ3n) is 5.19. The zero-order valence-electron chi connectivity index (χ0n) is 16.5. The summed E-state index contributed by atoms with van der Waals surface area (Å²) in [5, 5.41) is 11.6. The number of pyridine rings is 2. The highest BCUT2D eigenvalue weighted by Crippen LogP contribution is 2.27. The Hall–Kier alpha value is -3.03. The van der Waals surface area contributed by atoms with E-state index in [1.807, 2.05) is 18.3 Å². The van der Waals surface area contributed by atoms with Gasteiger partial charge >= 0.3 is 0 Å². The van der Waals surface area contributed by atoms with Crippen molar-refractivity contribution in [3.05, 3.63) is 64.7 Å². The fourth-order valence-electron chi connectivity index (χ4n) is 3.62. The van der Waals surface area contributed by atoms with Crippen LogP contribution >= 0.6 is 11.6 Å². The molecule has 0 bridgehead atoms. The Morgan fingerprint density at radius 2 is 2.13 bits per heavy atom. The van der Waals surface area contributed by atoms with Gasteiger partial charge in [-0.25, -0.2) is 9.37 Å². The van der Waals surface area contributed by atoms with E-state index >= 15 is 0 Å². The number of nitrogens with zero attached hydrogens (tertiary/aromatic N) is 3. The quantitative estimate of drug-likeness (QED) is 0.555. The summed E-state index contributed by atoms with van der Waals surface area (Å²) in [5.41, 5.74) is 9.68. The van der Waals surface area contributed by atoms with E-state index in [1.54, 1.807) is 6.07 Å². The molecule has 0 radical (unpaired) electrons. The highest BCUT2D eigenvalue weighted by Gasteiger charge is 2.17. The SMILES string of the molecule is CC1CN(c2cnc3ccc(C(C=N)=C(N)c4cc(Cl)ccc4F)nc3c2)CCN1. The molecule has 4 rings (SSSR count). The van der Waals surface area contributed by atoms with Crippen LogP contribution in [0.5, 0.6) is 0 Å². The number of anilines is 1. The summed E-state index contributed by atoms with van der Waals surface area (Å²) in [5.74, 6) is -0.506. The summed E-state index contributed by atoms with van der Waals surface area (Å²) in [6.07, 6.45) is 2.93. The largest absolute Gasteiger partial charge is 0.398 e. The Balaban J connectivity index is 1.77. The summed E-state index contributed by atoms with van der Waals surface area (Å²) in [6.45, 7) is 4.84. The molecule has 30 heavy (non-hydrogen) atoms. The maximum absolute atomic E-state index is 14.3. The topological polar surface area (TPSA) is 90.9 Å². The first-order valence-corrected chi connectivity index (χ1v) is 10.0. The lowest BCUT2D eigenvalue weighted by molar-refractivity contribution is 0.484. The lowest BCUT2D eigenvalue weighted by atomic mass is 10.0. The number of hydrogen-bond donors (Lipinski definition) is 3. The Morgan fingerprint density at radius 1 is 1.30 bits per heavy atom. The molecule has 154 valence electrons. The Morgan fingerprint density at radius 3 is 2.90 bits per heavy atom. The van der Waals surface area contributed by atoms with Crippen molar-refractivity contribution in [1.82, 2.24) is 15.3 Å². The first-order chi connectivity index (χ1) is 14.5. The Kier molecular flexibility index (Phi) is 5.65. The maximum atomic E-state index is 14.3. The van der Waals surface area contributed by atoms with E-state index in [2.05, 4.69) is 27.1 Å². The first kappa shape index (κ1) is 20.3. The fourth-order valence-corrected chi connectivity index (χ4v) is 3.80. The second-order valence-corrected chi connectivity index (χ2v) is 7.76. The lowest BCUT2D eigenvalue weighted by Crippen LogP contribution is -2.49. The predicted molar refractivity (Wildman–Crippen MR) is 120 cm³/mol. The summed E-state index contributed by atoms with van der Waals surface area (Å²) >= 11 is 6.00. The molecule has 0 amide bonds. The Bertz CT molecular complexity index is 1150. The van der Waals surface area contributed by atoms with Gasteiger partial charge in [-0.1, -0.05) is 11.6 Å². The molecule has 1 aromatic carbocycles. The second kappa shape index (κ2) is 8.38. The van der Waals surface area contributed by atoms with Crippen molar-refractivity contribution in [2.24, 2.45) is 5.73 Å². The van der Waals surface area contributed by atoms with Crippen LogP contribution in [0.4, 0.5) is 10.1 Å². The molecule has 2 aromatic heterocycles. The van der Waals surface area contributed by atoms with Crippen molar-refractivity contribution in [3.8, 4) is 0 Å². The van der Waals surface area contributed by atoms with Gasteiger partial charge in [-0.3, -0.25) is 4.98 Å². The van der Waals surface area contributed by atoms with Crippen molar-refractivity contribution >= 4 is 45.8 Å². The van der Waals surface area contributed by atoms with Gasteiger partial charge in [0.2, 0.25) is 0 Å². The van der Waals surface area contributed by atoms with Gasteiger partial charge in [0.15, 0.2) is 0 Å². The zero-order chi connectivity index (χ0) is 21.3. The predicted octanol–water partition coefficient (Wildman–Crippen LogP) is 3.70. The van der Waals surface area contributed by atoms with Gasteiger partial charge in [-0.2, -0.15) is 0 Å². The van der Waals surface area contributed by atoms with Crippen molar-refractivity contribution < 1.29 is 4.39 Å². The van der Waals surface area contributed by atoms with Crippen LogP contribution in [0.25, 0.3) is 22.3 Å². The van der Waals surface area contributed by atoms with Crippen LogP contribution in [0.2, 0.25) is 5.02 Å². The van der Waals surface area contributed by atoms with Gasteiger partial charge in [0, 0.05) is 48.0 Å². The number of benzene rings is 1. The molecule has 0 aliphatic carbocycles. The monoisotopic (exact) mass is 424 g/mol. The highest BCUT2D eigenvalue weighted by molar-refractivity contribution is 6.31. The summed E-state index contributed by atoms with van der Waals surface area (Å²) in [4.78, 5) is 11.5. The summed E-state index contributed by atoms with van der Waals surface area (Å²) in [6, 6.07) is 10.1. The van der Waals surface area contributed by atoms with E-state index in [0.29, 0.717) is 27.8 Å². The van der Waals surface area contributed by atoms with Crippen LogP contribution in [0.3, 0.4) is 0 Å². The molecule has 0 saturated carbocycles. The minimum absolute atomic E-state index is 0.108. The number of nitrogens with one attached hydrogen (secondary N) is 2. The van der Waals surface area contributed by atoms with Gasteiger partial charge in [-0.05, 0) is 43.3 Å². The summed E-state index contributed by atoms with van der Waals surface area (Å²) in [7, 11) is 0. The van der Waals surface area contributed by atoms with Crippen LogP contribution < -0.4 is 16.0 Å². The van der Waals surface area contributed by atoms with Crippen molar-refractivity contribution in [3.63, 3.8) is 0 Å². The molecule has 8 heteroatoms. The van der Waals surface area contributed by atoms with Crippen LogP contribution in [0, 0.1) is 11.2 Å². The summed E-state index contributed by atoms with van der Waals surface area (Å²) < 4.78 is 14.3.